The quantitative estimate of drug-likeness (QED) is 0.846. The number of hydrogen-bond donors (Lipinski definition) is 1. The molecular weight excluding hydrogens is 282 g/mol. The van der Waals surface area contributed by atoms with Gasteiger partial charge >= 0.3 is 0 Å². The summed E-state index contributed by atoms with van der Waals surface area (Å²) in [6, 6.07) is 8.99. The number of nitrogens with one attached hydrogen (secondary N) is 1. The number of aryl methyl sites for hydroxylation is 1. The van der Waals surface area contributed by atoms with Gasteiger partial charge in [-0.15, -0.1) is 0 Å². The van der Waals surface area contributed by atoms with Crippen LogP contribution in [0.15, 0.2) is 36.7 Å². The van der Waals surface area contributed by atoms with E-state index in [0.29, 0.717) is 5.92 Å². The van der Waals surface area contributed by atoms with Crippen LogP contribution in [0.4, 0.5) is 0 Å². The molecule has 1 saturated carbocycles. The highest BCUT2D eigenvalue weighted by Gasteiger charge is 2.22. The van der Waals surface area contributed by atoms with E-state index in [2.05, 4.69) is 35.7 Å². The fraction of sp³-hybridized carbons (Fsp3) is 0.471. The topological polar surface area (TPSA) is 29.9 Å². The van der Waals surface area contributed by atoms with Crippen LogP contribution in [0, 0.1) is 0 Å². The molecule has 0 bridgehead atoms. The number of aromatic nitrogens is 2. The maximum absolute atomic E-state index is 6.01. The third kappa shape index (κ3) is 4.08. The molecule has 4 heteroatoms. The number of nitrogens with zero attached hydrogens (tertiary/aromatic N) is 2. The van der Waals surface area contributed by atoms with Gasteiger partial charge in [0.05, 0.1) is 6.20 Å². The second kappa shape index (κ2) is 6.63. The van der Waals surface area contributed by atoms with Crippen LogP contribution in [-0.4, -0.2) is 22.4 Å². The third-order valence-electron chi connectivity index (χ3n) is 4.06. The molecule has 2 aromatic rings. The highest BCUT2D eigenvalue weighted by molar-refractivity contribution is 6.30. The highest BCUT2D eigenvalue weighted by Crippen LogP contribution is 2.25. The first-order chi connectivity index (χ1) is 10.2. The average Bonchev–Trinajstić information content (AvgIpc) is 3.22. The normalized spacial score (nSPS) is 16.1. The molecule has 3 nitrogen and oxygen atoms in total. The van der Waals surface area contributed by atoms with E-state index in [-0.39, 0.29) is 0 Å². The van der Waals surface area contributed by atoms with Gasteiger partial charge in [0.1, 0.15) is 0 Å². The lowest BCUT2D eigenvalue weighted by molar-refractivity contribution is 0.576. The van der Waals surface area contributed by atoms with Gasteiger partial charge < -0.3 is 5.32 Å². The van der Waals surface area contributed by atoms with Gasteiger partial charge in [-0.25, -0.2) is 0 Å². The van der Waals surface area contributed by atoms with E-state index < -0.39 is 0 Å². The predicted molar refractivity (Wildman–Crippen MR) is 86.8 cm³/mol. The molecule has 1 aromatic carbocycles. The maximum Gasteiger partial charge on any atom is 0.0521 e. The van der Waals surface area contributed by atoms with Crippen molar-refractivity contribution < 1.29 is 0 Å². The van der Waals surface area contributed by atoms with Crippen LogP contribution in [0.3, 0.4) is 0 Å². The minimum atomic E-state index is 0.470. The molecule has 0 saturated heterocycles. The molecule has 0 aliphatic heterocycles. The molecule has 1 N–H and O–H groups in total. The summed E-state index contributed by atoms with van der Waals surface area (Å²) >= 11 is 6.01. The molecule has 3 rings (SSSR count). The monoisotopic (exact) mass is 303 g/mol. The van der Waals surface area contributed by atoms with Crippen molar-refractivity contribution in [2.24, 2.45) is 0 Å². The van der Waals surface area contributed by atoms with Gasteiger partial charge in [0, 0.05) is 36.3 Å². The van der Waals surface area contributed by atoms with Crippen LogP contribution < -0.4 is 5.32 Å². The lowest BCUT2D eigenvalue weighted by Crippen LogP contribution is -2.24. The van der Waals surface area contributed by atoms with Crippen LogP contribution in [0.25, 0.3) is 0 Å². The lowest BCUT2D eigenvalue weighted by Gasteiger charge is -2.17. The Kier molecular flexibility index (Phi) is 4.61. The van der Waals surface area contributed by atoms with Crippen LogP contribution in [0.1, 0.15) is 36.8 Å². The van der Waals surface area contributed by atoms with Crippen molar-refractivity contribution in [3.63, 3.8) is 0 Å². The fourth-order valence-electron chi connectivity index (χ4n) is 2.61. The Balaban J connectivity index is 1.72. The zero-order chi connectivity index (χ0) is 14.7. The van der Waals surface area contributed by atoms with Gasteiger partial charge in [0.15, 0.2) is 0 Å². The van der Waals surface area contributed by atoms with E-state index in [9.17, 15) is 0 Å². The first kappa shape index (κ1) is 14.6. The van der Waals surface area contributed by atoms with Crippen molar-refractivity contribution in [2.45, 2.75) is 44.7 Å². The standard InChI is InChI=1S/C17H22ClN3/c1-2-21-12-13(10-20-21)9-15(11-19-17-7-8-17)14-3-5-16(18)6-4-14/h3-6,10,12,15,17,19H,2,7-9,11H2,1H3. The third-order valence-corrected chi connectivity index (χ3v) is 4.32. The summed E-state index contributed by atoms with van der Waals surface area (Å²) in [7, 11) is 0. The molecule has 0 spiro atoms. The van der Waals surface area contributed by atoms with Crippen molar-refractivity contribution in [3.05, 3.63) is 52.8 Å². The first-order valence-corrected chi connectivity index (χ1v) is 8.12. The van der Waals surface area contributed by atoms with E-state index in [1.54, 1.807) is 0 Å². The molecule has 1 unspecified atom stereocenters. The number of halogens is 1. The molecule has 21 heavy (non-hydrogen) atoms. The zero-order valence-electron chi connectivity index (χ0n) is 12.4. The molecule has 1 atom stereocenters. The summed E-state index contributed by atoms with van der Waals surface area (Å²) in [5.74, 6) is 0.470. The Hall–Kier alpha value is -1.32. The van der Waals surface area contributed by atoms with E-state index in [1.807, 2.05) is 23.0 Å². The second-order valence-corrected chi connectivity index (χ2v) is 6.28. The minimum Gasteiger partial charge on any atom is -0.313 e. The van der Waals surface area contributed by atoms with Gasteiger partial charge in [-0.1, -0.05) is 23.7 Å². The molecule has 1 aromatic heterocycles. The highest BCUT2D eigenvalue weighted by atomic mass is 35.5. The summed E-state index contributed by atoms with van der Waals surface area (Å²) in [6.45, 7) is 4.05. The number of rotatable bonds is 7. The molecule has 112 valence electrons. The van der Waals surface area contributed by atoms with Crippen molar-refractivity contribution >= 4 is 11.6 Å². The summed E-state index contributed by atoms with van der Waals surface area (Å²) in [5.41, 5.74) is 2.64. The van der Waals surface area contributed by atoms with E-state index in [0.717, 1.165) is 30.6 Å². The van der Waals surface area contributed by atoms with Crippen molar-refractivity contribution in [1.29, 1.82) is 0 Å². The molecule has 1 aliphatic rings. The van der Waals surface area contributed by atoms with Crippen LogP contribution >= 0.6 is 11.6 Å². The molecule has 1 fully saturated rings. The first-order valence-electron chi connectivity index (χ1n) is 7.74. The minimum absolute atomic E-state index is 0.470. The number of hydrogen-bond acceptors (Lipinski definition) is 2. The van der Waals surface area contributed by atoms with E-state index in [1.165, 1.54) is 24.0 Å². The average molecular weight is 304 g/mol. The predicted octanol–water partition coefficient (Wildman–Crippen LogP) is 3.63. The summed E-state index contributed by atoms with van der Waals surface area (Å²) in [4.78, 5) is 0. The van der Waals surface area contributed by atoms with Crippen LogP contribution in [0.5, 0.6) is 0 Å². The Bertz CT molecular complexity index is 572. The summed E-state index contributed by atoms with van der Waals surface area (Å²) in [6.07, 6.45) is 7.80. The zero-order valence-corrected chi connectivity index (χ0v) is 13.2. The summed E-state index contributed by atoms with van der Waals surface area (Å²) < 4.78 is 1.99. The molecule has 1 heterocycles. The molecular formula is C17H22ClN3. The van der Waals surface area contributed by atoms with Gasteiger partial charge in [-0.2, -0.15) is 5.10 Å². The Morgan fingerprint density at radius 2 is 2.10 bits per heavy atom. The van der Waals surface area contributed by atoms with Gasteiger partial charge in [0.2, 0.25) is 0 Å². The second-order valence-electron chi connectivity index (χ2n) is 5.84. The number of benzene rings is 1. The smallest absolute Gasteiger partial charge is 0.0521 e. The lowest BCUT2D eigenvalue weighted by atomic mass is 9.93. The Morgan fingerprint density at radius 1 is 1.33 bits per heavy atom. The Labute approximate surface area is 131 Å². The van der Waals surface area contributed by atoms with E-state index in [4.69, 9.17) is 11.6 Å². The SMILES string of the molecule is CCn1cc(CC(CNC2CC2)c2ccc(Cl)cc2)cn1. The molecule has 1 aliphatic carbocycles. The summed E-state index contributed by atoms with van der Waals surface area (Å²) in [5, 5.41) is 8.83. The molecule has 0 amide bonds. The van der Waals surface area contributed by atoms with Gasteiger partial charge in [-0.3, -0.25) is 4.68 Å². The van der Waals surface area contributed by atoms with Gasteiger partial charge in [0.25, 0.3) is 0 Å². The van der Waals surface area contributed by atoms with Crippen molar-refractivity contribution in [3.8, 4) is 0 Å². The van der Waals surface area contributed by atoms with Crippen LogP contribution in [-0.2, 0) is 13.0 Å². The largest absolute Gasteiger partial charge is 0.313 e. The maximum atomic E-state index is 6.01. The van der Waals surface area contributed by atoms with Crippen molar-refractivity contribution in [2.75, 3.05) is 6.54 Å². The Morgan fingerprint density at radius 3 is 2.71 bits per heavy atom. The van der Waals surface area contributed by atoms with Crippen molar-refractivity contribution in [1.82, 2.24) is 15.1 Å². The van der Waals surface area contributed by atoms with Gasteiger partial charge in [-0.05, 0) is 49.4 Å². The van der Waals surface area contributed by atoms with E-state index >= 15 is 0 Å². The fourth-order valence-corrected chi connectivity index (χ4v) is 2.73. The molecule has 0 radical (unpaired) electrons. The van der Waals surface area contributed by atoms with Crippen LogP contribution in [0.2, 0.25) is 5.02 Å².